The third-order valence-corrected chi connectivity index (χ3v) is 6.95. The van der Waals surface area contributed by atoms with Gasteiger partial charge < -0.3 is 15.0 Å². The van der Waals surface area contributed by atoms with Crippen LogP contribution in [0.1, 0.15) is 49.9 Å². The number of hydrogen-bond acceptors (Lipinski definition) is 5. The van der Waals surface area contributed by atoms with Crippen molar-refractivity contribution in [1.29, 1.82) is 0 Å². The summed E-state index contributed by atoms with van der Waals surface area (Å²) in [7, 11) is 0. The number of phenolic OH excluding ortho intramolecular Hbond substituents is 1. The lowest BCUT2D eigenvalue weighted by Crippen LogP contribution is -2.37. The van der Waals surface area contributed by atoms with E-state index in [0.717, 1.165) is 48.3 Å². The monoisotopic (exact) mass is 445 g/mol. The second-order valence-corrected chi connectivity index (χ2v) is 9.10. The molecule has 1 aromatic carbocycles. The quantitative estimate of drug-likeness (QED) is 0.588. The maximum Gasteiger partial charge on any atom is 0.246 e. The molecule has 2 N–H and O–H groups in total. The fourth-order valence-electron chi connectivity index (χ4n) is 5.16. The van der Waals surface area contributed by atoms with Gasteiger partial charge in [-0.05, 0) is 51.1 Å². The van der Waals surface area contributed by atoms with Crippen LogP contribution in [-0.2, 0) is 11.2 Å². The van der Waals surface area contributed by atoms with Gasteiger partial charge in [-0.3, -0.25) is 9.69 Å². The summed E-state index contributed by atoms with van der Waals surface area (Å²) in [4.78, 5) is 20.8. The molecule has 7 heteroatoms. The second-order valence-electron chi connectivity index (χ2n) is 9.10. The summed E-state index contributed by atoms with van der Waals surface area (Å²) in [5, 5.41) is 19.9. The standard InChI is InChI=1S/C26H31N5O2/c1-18-25-20-17-22(19-9-4-5-10-23(19)32)28-29-26(20)27-21(25)12-16-31(18)24(33)11-8-15-30-13-6-2-3-7-14-30/h4-5,8-11,17-18,32H,2-3,6-7,12-16H2,1H3,(H,27,29). The molecule has 0 aliphatic carbocycles. The zero-order valence-corrected chi connectivity index (χ0v) is 19.1. The topological polar surface area (TPSA) is 85.3 Å². The Balaban J connectivity index is 1.37. The minimum Gasteiger partial charge on any atom is -0.507 e. The van der Waals surface area contributed by atoms with Crippen molar-refractivity contribution in [2.75, 3.05) is 26.2 Å². The number of H-pyrrole nitrogens is 1. The highest BCUT2D eigenvalue weighted by Crippen LogP contribution is 2.37. The van der Waals surface area contributed by atoms with E-state index < -0.39 is 0 Å². The van der Waals surface area contributed by atoms with Gasteiger partial charge >= 0.3 is 0 Å². The minimum absolute atomic E-state index is 0.0558. The summed E-state index contributed by atoms with van der Waals surface area (Å²) in [6, 6.07) is 9.03. The van der Waals surface area contributed by atoms with Crippen LogP contribution >= 0.6 is 0 Å². The summed E-state index contributed by atoms with van der Waals surface area (Å²) in [5.41, 5.74) is 4.19. The number of benzene rings is 1. The maximum atomic E-state index is 13.1. The Morgan fingerprint density at radius 3 is 2.73 bits per heavy atom. The highest BCUT2D eigenvalue weighted by molar-refractivity contribution is 5.90. The van der Waals surface area contributed by atoms with Crippen molar-refractivity contribution in [3.8, 4) is 17.0 Å². The van der Waals surface area contributed by atoms with Crippen LogP contribution < -0.4 is 0 Å². The molecule has 2 aliphatic heterocycles. The number of carbonyl (C=O) groups is 1. The number of aromatic hydroxyl groups is 1. The average Bonchev–Trinajstić information content (AvgIpc) is 2.99. The van der Waals surface area contributed by atoms with Crippen molar-refractivity contribution < 1.29 is 9.90 Å². The highest BCUT2D eigenvalue weighted by Gasteiger charge is 2.30. The van der Waals surface area contributed by atoms with Crippen LogP contribution in [0.15, 0.2) is 42.5 Å². The fourth-order valence-corrected chi connectivity index (χ4v) is 5.16. The van der Waals surface area contributed by atoms with E-state index in [4.69, 9.17) is 0 Å². The summed E-state index contributed by atoms with van der Waals surface area (Å²) >= 11 is 0. The first-order valence-electron chi connectivity index (χ1n) is 12.0. The van der Waals surface area contributed by atoms with Crippen LogP contribution in [-0.4, -0.2) is 62.2 Å². The summed E-state index contributed by atoms with van der Waals surface area (Å²) in [5.74, 6) is 0.232. The van der Waals surface area contributed by atoms with E-state index in [-0.39, 0.29) is 17.7 Å². The van der Waals surface area contributed by atoms with Crippen LogP contribution in [0.25, 0.3) is 22.3 Å². The number of nitrogens with zero attached hydrogens (tertiary/aromatic N) is 4. The normalized spacial score (nSPS) is 19.7. The number of fused-ring (bicyclic) bond motifs is 3. The molecular weight excluding hydrogens is 414 g/mol. The summed E-state index contributed by atoms with van der Waals surface area (Å²) in [6.45, 7) is 5.83. The Morgan fingerprint density at radius 1 is 1.15 bits per heavy atom. The van der Waals surface area contributed by atoms with Gasteiger partial charge in [0.15, 0.2) is 5.65 Å². The first-order chi connectivity index (χ1) is 16.1. The third kappa shape index (κ3) is 4.37. The third-order valence-electron chi connectivity index (χ3n) is 6.95. The Morgan fingerprint density at radius 2 is 1.94 bits per heavy atom. The molecule has 0 bridgehead atoms. The lowest BCUT2D eigenvalue weighted by Gasteiger charge is -2.33. The Labute approximate surface area is 194 Å². The van der Waals surface area contributed by atoms with Crippen molar-refractivity contribution in [1.82, 2.24) is 25.0 Å². The minimum atomic E-state index is -0.0701. The first kappa shape index (κ1) is 21.6. The lowest BCUT2D eigenvalue weighted by molar-refractivity contribution is -0.128. The van der Waals surface area contributed by atoms with E-state index >= 15 is 0 Å². The summed E-state index contributed by atoms with van der Waals surface area (Å²) in [6.07, 6.45) is 9.65. The van der Waals surface area contributed by atoms with E-state index in [9.17, 15) is 9.90 Å². The number of hydrogen-bond donors (Lipinski definition) is 2. The van der Waals surface area contributed by atoms with E-state index in [1.807, 2.05) is 29.2 Å². The highest BCUT2D eigenvalue weighted by atomic mass is 16.3. The number of aromatic amines is 1. The van der Waals surface area contributed by atoms with E-state index in [0.29, 0.717) is 17.8 Å². The molecule has 1 saturated heterocycles. The predicted molar refractivity (Wildman–Crippen MR) is 129 cm³/mol. The molecule has 4 heterocycles. The molecule has 1 unspecified atom stereocenters. The molecule has 0 radical (unpaired) electrons. The van der Waals surface area contributed by atoms with Crippen molar-refractivity contribution in [2.45, 2.75) is 45.1 Å². The lowest BCUT2D eigenvalue weighted by atomic mass is 9.96. The molecule has 1 atom stereocenters. The number of aromatic nitrogens is 3. The van der Waals surface area contributed by atoms with Gasteiger partial charge in [-0.25, -0.2) is 0 Å². The fraction of sp³-hybridized carbons (Fsp3) is 0.423. The number of nitrogens with one attached hydrogen (secondary N) is 1. The Kier molecular flexibility index (Phi) is 6.13. The molecule has 5 rings (SSSR count). The van der Waals surface area contributed by atoms with Crippen molar-refractivity contribution in [3.63, 3.8) is 0 Å². The van der Waals surface area contributed by atoms with Crippen LogP contribution in [0, 0.1) is 0 Å². The number of rotatable bonds is 4. The SMILES string of the molecule is CC1c2c([nH]c3nnc(-c4ccccc4O)cc23)CCN1C(=O)C=CCN1CCCCCC1. The van der Waals surface area contributed by atoms with E-state index in [1.54, 1.807) is 18.2 Å². The van der Waals surface area contributed by atoms with Crippen LogP contribution in [0.3, 0.4) is 0 Å². The van der Waals surface area contributed by atoms with Gasteiger partial charge in [0.25, 0.3) is 0 Å². The first-order valence-corrected chi connectivity index (χ1v) is 12.0. The van der Waals surface area contributed by atoms with Crippen molar-refractivity contribution in [3.05, 3.63) is 53.7 Å². The molecule has 33 heavy (non-hydrogen) atoms. The smallest absolute Gasteiger partial charge is 0.246 e. The van der Waals surface area contributed by atoms with Gasteiger partial charge in [-0.2, -0.15) is 0 Å². The van der Waals surface area contributed by atoms with Gasteiger partial charge in [-0.1, -0.05) is 31.1 Å². The Hall–Kier alpha value is -3.19. The molecule has 2 aliphatic rings. The van der Waals surface area contributed by atoms with Crippen LogP contribution in [0.4, 0.5) is 0 Å². The van der Waals surface area contributed by atoms with Gasteiger partial charge in [0, 0.05) is 47.8 Å². The molecule has 3 aromatic rings. The Bertz CT molecular complexity index is 1180. The number of likely N-dealkylation sites (tertiary alicyclic amines) is 1. The van der Waals surface area contributed by atoms with E-state index in [1.165, 1.54) is 25.7 Å². The van der Waals surface area contributed by atoms with E-state index in [2.05, 4.69) is 27.0 Å². The summed E-state index contributed by atoms with van der Waals surface area (Å²) < 4.78 is 0. The molecular formula is C26H31N5O2. The molecule has 172 valence electrons. The van der Waals surface area contributed by atoms with Gasteiger partial charge in [0.05, 0.1) is 11.7 Å². The van der Waals surface area contributed by atoms with Crippen molar-refractivity contribution >= 4 is 16.9 Å². The number of phenols is 1. The predicted octanol–water partition coefficient (Wildman–Crippen LogP) is 4.21. The molecule has 1 fully saturated rings. The van der Waals surface area contributed by atoms with Crippen LogP contribution in [0.2, 0.25) is 0 Å². The second kappa shape index (κ2) is 9.35. The zero-order chi connectivity index (χ0) is 22.8. The van der Waals surface area contributed by atoms with Crippen molar-refractivity contribution in [2.24, 2.45) is 0 Å². The maximum absolute atomic E-state index is 13.1. The number of para-hydroxylation sites is 1. The zero-order valence-electron chi connectivity index (χ0n) is 19.1. The van der Waals surface area contributed by atoms with Gasteiger partial charge in [0.1, 0.15) is 5.75 Å². The molecule has 0 spiro atoms. The van der Waals surface area contributed by atoms with Gasteiger partial charge in [-0.15, -0.1) is 10.2 Å². The molecule has 7 nitrogen and oxygen atoms in total. The van der Waals surface area contributed by atoms with Gasteiger partial charge in [0.2, 0.25) is 5.91 Å². The van der Waals surface area contributed by atoms with Crippen LogP contribution in [0.5, 0.6) is 5.75 Å². The molecule has 1 amide bonds. The molecule has 0 saturated carbocycles. The average molecular weight is 446 g/mol. The largest absolute Gasteiger partial charge is 0.507 e. The number of carbonyl (C=O) groups excluding carboxylic acids is 1. The molecule has 2 aromatic heterocycles. The number of amides is 1.